The van der Waals surface area contributed by atoms with E-state index in [0.29, 0.717) is 5.92 Å². The summed E-state index contributed by atoms with van der Waals surface area (Å²) >= 11 is 3.61. The van der Waals surface area contributed by atoms with E-state index in [1.54, 1.807) is 0 Å². The highest BCUT2D eigenvalue weighted by Gasteiger charge is 2.24. The first-order chi connectivity index (χ1) is 9.24. The molecular weight excluding hydrogens is 302 g/mol. The Kier molecular flexibility index (Phi) is 4.13. The molecule has 2 aliphatic rings. The zero-order chi connectivity index (χ0) is 13.2. The van der Waals surface area contributed by atoms with Crippen LogP contribution in [0.1, 0.15) is 43.2 Å². The lowest BCUT2D eigenvalue weighted by atomic mass is 9.82. The number of rotatable bonds is 3. The maximum atomic E-state index is 6.45. The van der Waals surface area contributed by atoms with Crippen molar-refractivity contribution >= 4 is 15.9 Å². The van der Waals surface area contributed by atoms with Crippen LogP contribution in [-0.2, 0) is 12.8 Å². The lowest BCUT2D eigenvalue weighted by Crippen LogP contribution is -2.33. The molecule has 0 bridgehead atoms. The van der Waals surface area contributed by atoms with Gasteiger partial charge in [-0.25, -0.2) is 0 Å². The van der Waals surface area contributed by atoms with Crippen LogP contribution in [-0.4, -0.2) is 12.6 Å². The number of halogens is 1. The van der Waals surface area contributed by atoms with Gasteiger partial charge in [-0.3, -0.25) is 0 Å². The smallest absolute Gasteiger partial charge is 0.125 e. The average Bonchev–Trinajstić information content (AvgIpc) is 2.88. The van der Waals surface area contributed by atoms with E-state index in [2.05, 4.69) is 28.1 Å². The number of hydrogen-bond donors (Lipinski definition) is 1. The van der Waals surface area contributed by atoms with Gasteiger partial charge in [0.15, 0.2) is 0 Å². The number of nitrogens with two attached hydrogens (primary N) is 1. The summed E-state index contributed by atoms with van der Waals surface area (Å²) in [7, 11) is 0. The molecule has 0 radical (unpaired) electrons. The Bertz CT molecular complexity index is 454. The van der Waals surface area contributed by atoms with Crippen molar-refractivity contribution in [3.8, 4) is 5.75 Å². The van der Waals surface area contributed by atoms with Crippen LogP contribution in [0.3, 0.4) is 0 Å². The second kappa shape index (κ2) is 5.84. The zero-order valence-electron chi connectivity index (χ0n) is 11.3. The predicted octanol–water partition coefficient (Wildman–Crippen LogP) is 3.83. The van der Waals surface area contributed by atoms with Crippen molar-refractivity contribution in [3.63, 3.8) is 0 Å². The fraction of sp³-hybridized carbons (Fsp3) is 0.625. The highest BCUT2D eigenvalue weighted by atomic mass is 79.9. The van der Waals surface area contributed by atoms with Crippen molar-refractivity contribution in [2.24, 2.45) is 11.7 Å². The highest BCUT2D eigenvalue weighted by Crippen LogP contribution is 2.35. The highest BCUT2D eigenvalue weighted by molar-refractivity contribution is 9.10. The molecule has 1 aromatic rings. The van der Waals surface area contributed by atoms with Gasteiger partial charge in [0.1, 0.15) is 5.75 Å². The van der Waals surface area contributed by atoms with Crippen molar-refractivity contribution in [2.45, 2.75) is 51.0 Å². The van der Waals surface area contributed by atoms with Crippen LogP contribution in [0.15, 0.2) is 16.6 Å². The third-order valence-electron chi connectivity index (χ3n) is 4.54. The minimum Gasteiger partial charge on any atom is -0.493 e. The van der Waals surface area contributed by atoms with Crippen molar-refractivity contribution in [3.05, 3.63) is 27.7 Å². The van der Waals surface area contributed by atoms with E-state index in [4.69, 9.17) is 10.5 Å². The molecule has 2 N–H and O–H groups in total. The molecule has 104 valence electrons. The van der Waals surface area contributed by atoms with E-state index in [1.807, 2.05) is 0 Å². The summed E-state index contributed by atoms with van der Waals surface area (Å²) in [5.41, 5.74) is 9.08. The molecule has 19 heavy (non-hydrogen) atoms. The van der Waals surface area contributed by atoms with Crippen LogP contribution < -0.4 is 10.5 Å². The first kappa shape index (κ1) is 13.4. The van der Waals surface area contributed by atoms with Crippen molar-refractivity contribution < 1.29 is 4.74 Å². The van der Waals surface area contributed by atoms with Crippen LogP contribution in [0.5, 0.6) is 5.75 Å². The largest absolute Gasteiger partial charge is 0.493 e. The monoisotopic (exact) mass is 323 g/mol. The maximum absolute atomic E-state index is 6.45. The molecule has 0 saturated heterocycles. The Labute approximate surface area is 123 Å². The van der Waals surface area contributed by atoms with Gasteiger partial charge in [0.25, 0.3) is 0 Å². The molecule has 1 aliphatic carbocycles. The van der Waals surface area contributed by atoms with Crippen LogP contribution in [0.25, 0.3) is 0 Å². The van der Waals surface area contributed by atoms with Crippen molar-refractivity contribution in [2.75, 3.05) is 6.61 Å². The molecule has 3 heteroatoms. The van der Waals surface area contributed by atoms with Crippen molar-refractivity contribution in [1.29, 1.82) is 0 Å². The average molecular weight is 324 g/mol. The van der Waals surface area contributed by atoms with Gasteiger partial charge in [-0.15, -0.1) is 0 Å². The van der Waals surface area contributed by atoms with Gasteiger partial charge in [0.05, 0.1) is 6.61 Å². The quantitative estimate of drug-likeness (QED) is 0.917. The Balaban J connectivity index is 1.75. The van der Waals surface area contributed by atoms with E-state index in [9.17, 15) is 0 Å². The Morgan fingerprint density at radius 3 is 2.84 bits per heavy atom. The van der Waals surface area contributed by atoms with Crippen molar-refractivity contribution in [1.82, 2.24) is 0 Å². The number of fused-ring (bicyclic) bond motifs is 1. The molecular formula is C16H22BrNO. The standard InChI is InChI=1S/C16H22BrNO/c17-14-8-12-6-7-19-16(12)13(9-14)10-15(18)11-4-2-1-3-5-11/h8-9,11,15H,1-7,10,18H2. The summed E-state index contributed by atoms with van der Waals surface area (Å²) in [6.07, 6.45) is 8.68. The lowest BCUT2D eigenvalue weighted by Gasteiger charge is -2.28. The summed E-state index contributed by atoms with van der Waals surface area (Å²) in [6, 6.07) is 4.65. The molecule has 1 atom stereocenters. The Morgan fingerprint density at radius 1 is 1.26 bits per heavy atom. The topological polar surface area (TPSA) is 35.2 Å². The van der Waals surface area contributed by atoms with E-state index < -0.39 is 0 Å². The third-order valence-corrected chi connectivity index (χ3v) is 4.99. The van der Waals surface area contributed by atoms with Gasteiger partial charge in [-0.2, -0.15) is 0 Å². The molecule has 1 fully saturated rings. The van der Waals surface area contributed by atoms with Gasteiger partial charge >= 0.3 is 0 Å². The molecule has 1 saturated carbocycles. The van der Waals surface area contributed by atoms with Crippen LogP contribution in [0, 0.1) is 5.92 Å². The Hall–Kier alpha value is -0.540. The first-order valence-electron chi connectivity index (χ1n) is 7.44. The molecule has 0 spiro atoms. The van der Waals surface area contributed by atoms with Crippen LogP contribution in [0.4, 0.5) is 0 Å². The van der Waals surface area contributed by atoms with Crippen LogP contribution in [0.2, 0.25) is 0 Å². The summed E-state index contributed by atoms with van der Waals surface area (Å²) in [4.78, 5) is 0. The molecule has 1 aromatic carbocycles. The van der Waals surface area contributed by atoms with Gasteiger partial charge in [-0.1, -0.05) is 35.2 Å². The summed E-state index contributed by atoms with van der Waals surface area (Å²) in [6.45, 7) is 0.817. The SMILES string of the molecule is NC(Cc1cc(Br)cc2c1OCC2)C1CCCCC1. The minimum atomic E-state index is 0.280. The molecule has 1 unspecified atom stereocenters. The first-order valence-corrected chi connectivity index (χ1v) is 8.23. The van der Waals surface area contributed by atoms with Gasteiger partial charge < -0.3 is 10.5 Å². The van der Waals surface area contributed by atoms with E-state index in [1.165, 1.54) is 43.2 Å². The van der Waals surface area contributed by atoms with E-state index >= 15 is 0 Å². The number of ether oxygens (including phenoxy) is 1. The van der Waals surface area contributed by atoms with Gasteiger partial charge in [0, 0.05) is 16.9 Å². The normalized spacial score (nSPS) is 20.9. The molecule has 1 heterocycles. The van der Waals surface area contributed by atoms with Gasteiger partial charge in [-0.05, 0) is 48.4 Å². The summed E-state index contributed by atoms with van der Waals surface area (Å²) < 4.78 is 6.95. The van der Waals surface area contributed by atoms with E-state index in [0.717, 1.165) is 29.7 Å². The fourth-order valence-electron chi connectivity index (χ4n) is 3.48. The molecule has 1 aliphatic heterocycles. The van der Waals surface area contributed by atoms with Crippen LogP contribution >= 0.6 is 15.9 Å². The fourth-order valence-corrected chi connectivity index (χ4v) is 4.03. The molecule has 0 amide bonds. The van der Waals surface area contributed by atoms with E-state index in [-0.39, 0.29) is 6.04 Å². The molecule has 0 aromatic heterocycles. The minimum absolute atomic E-state index is 0.280. The third kappa shape index (κ3) is 2.97. The number of benzene rings is 1. The molecule has 3 rings (SSSR count). The summed E-state index contributed by atoms with van der Waals surface area (Å²) in [5.74, 6) is 1.80. The predicted molar refractivity (Wildman–Crippen MR) is 81.6 cm³/mol. The number of hydrogen-bond acceptors (Lipinski definition) is 2. The molecule has 2 nitrogen and oxygen atoms in total. The Morgan fingerprint density at radius 2 is 2.05 bits per heavy atom. The second-order valence-corrected chi connectivity index (χ2v) is 6.83. The second-order valence-electron chi connectivity index (χ2n) is 5.92. The zero-order valence-corrected chi connectivity index (χ0v) is 12.9. The van der Waals surface area contributed by atoms with Gasteiger partial charge in [0.2, 0.25) is 0 Å². The maximum Gasteiger partial charge on any atom is 0.125 e. The summed E-state index contributed by atoms with van der Waals surface area (Å²) in [5, 5.41) is 0. The lowest BCUT2D eigenvalue weighted by molar-refractivity contribution is 0.299.